The van der Waals surface area contributed by atoms with Crippen molar-refractivity contribution < 1.29 is 0 Å². The van der Waals surface area contributed by atoms with Gasteiger partial charge in [0.2, 0.25) is 0 Å². The number of nitrogens with zero attached hydrogens (tertiary/aromatic N) is 2. The summed E-state index contributed by atoms with van der Waals surface area (Å²) in [6.45, 7) is 2.20. The molecule has 4 heteroatoms. The Bertz CT molecular complexity index is 413. The summed E-state index contributed by atoms with van der Waals surface area (Å²) in [5, 5.41) is 15.6. The van der Waals surface area contributed by atoms with Gasteiger partial charge in [0, 0.05) is 25.3 Å². The Morgan fingerprint density at radius 2 is 2.27 bits per heavy atom. The van der Waals surface area contributed by atoms with Crippen LogP contribution in [0.1, 0.15) is 5.69 Å². The number of fused-ring (bicyclic) bond motifs is 1. The van der Waals surface area contributed by atoms with Gasteiger partial charge in [-0.15, -0.1) is 0 Å². The lowest BCUT2D eigenvalue weighted by Crippen LogP contribution is -2.21. The van der Waals surface area contributed by atoms with Crippen LogP contribution in [0.25, 0.3) is 0 Å². The van der Waals surface area contributed by atoms with E-state index < -0.39 is 0 Å². The van der Waals surface area contributed by atoms with Crippen molar-refractivity contribution in [2.24, 2.45) is 11.8 Å². The van der Waals surface area contributed by atoms with Gasteiger partial charge in [-0.25, -0.2) is 4.98 Å². The van der Waals surface area contributed by atoms with E-state index in [9.17, 15) is 0 Å². The zero-order chi connectivity index (χ0) is 10.3. The maximum Gasteiger partial charge on any atom is 0.163 e. The Labute approximate surface area is 88.3 Å². The Morgan fingerprint density at radius 3 is 3.00 bits per heavy atom. The summed E-state index contributed by atoms with van der Waals surface area (Å²) in [7, 11) is 0. The van der Waals surface area contributed by atoms with Gasteiger partial charge >= 0.3 is 0 Å². The van der Waals surface area contributed by atoms with Crippen LogP contribution >= 0.6 is 0 Å². The van der Waals surface area contributed by atoms with Crippen molar-refractivity contribution in [1.82, 2.24) is 10.3 Å². The second kappa shape index (κ2) is 3.21. The standard InChI is InChI=1S/C11H12N4/c12-4-10-9(2-1-3-14-10)15-11-7-5-13-6-8(7)11/h1-3,7-8,11,13,15H,5-6H2. The summed E-state index contributed by atoms with van der Waals surface area (Å²) >= 11 is 0. The fourth-order valence-electron chi connectivity index (χ4n) is 2.42. The summed E-state index contributed by atoms with van der Waals surface area (Å²) in [6, 6.07) is 6.43. The van der Waals surface area contributed by atoms with Crippen LogP contribution in [0.15, 0.2) is 18.3 Å². The number of hydrogen-bond donors (Lipinski definition) is 2. The molecule has 0 aromatic carbocycles. The van der Waals surface area contributed by atoms with Gasteiger partial charge in [0.25, 0.3) is 0 Å². The van der Waals surface area contributed by atoms with E-state index in [-0.39, 0.29) is 0 Å². The predicted octanol–water partition coefficient (Wildman–Crippen LogP) is 0.583. The van der Waals surface area contributed by atoms with E-state index in [0.29, 0.717) is 11.7 Å². The molecule has 2 fully saturated rings. The third kappa shape index (κ3) is 1.36. The van der Waals surface area contributed by atoms with E-state index in [1.165, 1.54) is 0 Å². The molecule has 0 spiro atoms. The first-order chi connectivity index (χ1) is 7.40. The molecule has 1 aliphatic heterocycles. The summed E-state index contributed by atoms with van der Waals surface area (Å²) in [5.41, 5.74) is 1.37. The minimum Gasteiger partial charge on any atom is -0.379 e. The molecule has 2 heterocycles. The van der Waals surface area contributed by atoms with Crippen LogP contribution in [0.2, 0.25) is 0 Å². The average molecular weight is 200 g/mol. The first-order valence-electron chi connectivity index (χ1n) is 5.22. The lowest BCUT2D eigenvalue weighted by Gasteiger charge is -2.09. The quantitative estimate of drug-likeness (QED) is 0.733. The van der Waals surface area contributed by atoms with Crippen molar-refractivity contribution in [2.45, 2.75) is 6.04 Å². The number of aromatic nitrogens is 1. The largest absolute Gasteiger partial charge is 0.379 e. The minimum absolute atomic E-state index is 0.496. The highest BCUT2D eigenvalue weighted by Crippen LogP contribution is 2.43. The van der Waals surface area contributed by atoms with E-state index >= 15 is 0 Å². The van der Waals surface area contributed by atoms with E-state index in [4.69, 9.17) is 5.26 Å². The third-order valence-electron chi connectivity index (χ3n) is 3.33. The van der Waals surface area contributed by atoms with Gasteiger partial charge in [0.15, 0.2) is 5.69 Å². The van der Waals surface area contributed by atoms with Crippen molar-refractivity contribution in [3.63, 3.8) is 0 Å². The van der Waals surface area contributed by atoms with Crippen LogP contribution in [-0.4, -0.2) is 24.1 Å². The second-order valence-electron chi connectivity index (χ2n) is 4.17. The summed E-state index contributed by atoms with van der Waals surface area (Å²) in [4.78, 5) is 4.03. The Kier molecular flexibility index (Phi) is 1.86. The Balaban J connectivity index is 1.75. The van der Waals surface area contributed by atoms with Crippen LogP contribution in [0.5, 0.6) is 0 Å². The lowest BCUT2D eigenvalue weighted by atomic mass is 10.3. The van der Waals surface area contributed by atoms with Crippen LogP contribution in [0.4, 0.5) is 5.69 Å². The van der Waals surface area contributed by atoms with Crippen molar-refractivity contribution in [2.75, 3.05) is 18.4 Å². The number of nitriles is 1. The molecule has 1 aliphatic carbocycles. The first kappa shape index (κ1) is 8.69. The summed E-state index contributed by atoms with van der Waals surface area (Å²) in [5.74, 6) is 1.49. The molecule has 1 saturated carbocycles. The molecule has 2 atom stereocenters. The molecule has 76 valence electrons. The molecule has 2 unspecified atom stereocenters. The number of rotatable bonds is 2. The van der Waals surface area contributed by atoms with E-state index in [1.54, 1.807) is 6.20 Å². The molecule has 15 heavy (non-hydrogen) atoms. The van der Waals surface area contributed by atoms with Crippen LogP contribution in [0, 0.1) is 23.2 Å². The number of hydrogen-bond acceptors (Lipinski definition) is 4. The number of pyridine rings is 1. The SMILES string of the molecule is N#Cc1ncccc1NC1C2CNCC21. The fourth-order valence-corrected chi connectivity index (χ4v) is 2.42. The van der Waals surface area contributed by atoms with E-state index in [0.717, 1.165) is 30.6 Å². The Hall–Kier alpha value is -1.60. The molecule has 1 aromatic rings. The van der Waals surface area contributed by atoms with Crippen LogP contribution in [-0.2, 0) is 0 Å². The molecule has 0 amide bonds. The second-order valence-corrected chi connectivity index (χ2v) is 4.17. The van der Waals surface area contributed by atoms with E-state index in [1.807, 2.05) is 12.1 Å². The zero-order valence-corrected chi connectivity index (χ0v) is 8.27. The van der Waals surface area contributed by atoms with Crippen molar-refractivity contribution >= 4 is 5.69 Å². The third-order valence-corrected chi connectivity index (χ3v) is 3.33. The minimum atomic E-state index is 0.496. The molecule has 3 rings (SSSR count). The topological polar surface area (TPSA) is 60.7 Å². The van der Waals surface area contributed by atoms with Gasteiger partial charge in [-0.1, -0.05) is 0 Å². The lowest BCUT2D eigenvalue weighted by molar-refractivity contribution is 0.696. The number of nitrogens with one attached hydrogen (secondary N) is 2. The van der Waals surface area contributed by atoms with Gasteiger partial charge in [0.1, 0.15) is 6.07 Å². The maximum atomic E-state index is 8.89. The monoisotopic (exact) mass is 200 g/mol. The fraction of sp³-hybridized carbons (Fsp3) is 0.455. The highest BCUT2D eigenvalue weighted by atomic mass is 15.1. The summed E-state index contributed by atoms with van der Waals surface area (Å²) < 4.78 is 0. The highest BCUT2D eigenvalue weighted by Gasteiger charge is 2.53. The average Bonchev–Trinajstić information content (AvgIpc) is 2.75. The van der Waals surface area contributed by atoms with Crippen LogP contribution < -0.4 is 10.6 Å². The predicted molar refractivity (Wildman–Crippen MR) is 56.2 cm³/mol. The highest BCUT2D eigenvalue weighted by molar-refractivity contribution is 5.55. The molecule has 2 N–H and O–H groups in total. The van der Waals surface area contributed by atoms with Gasteiger partial charge in [-0.05, 0) is 24.0 Å². The van der Waals surface area contributed by atoms with Gasteiger partial charge < -0.3 is 10.6 Å². The normalized spacial score (nSPS) is 31.8. The van der Waals surface area contributed by atoms with Crippen LogP contribution in [0.3, 0.4) is 0 Å². The first-order valence-corrected chi connectivity index (χ1v) is 5.22. The molecule has 4 nitrogen and oxygen atoms in total. The molecule has 1 saturated heterocycles. The van der Waals surface area contributed by atoms with Crippen molar-refractivity contribution in [3.05, 3.63) is 24.0 Å². The molecule has 0 radical (unpaired) electrons. The molecular formula is C11H12N4. The van der Waals surface area contributed by atoms with Crippen molar-refractivity contribution in [3.8, 4) is 6.07 Å². The van der Waals surface area contributed by atoms with Gasteiger partial charge in [-0.3, -0.25) is 0 Å². The maximum absolute atomic E-state index is 8.89. The van der Waals surface area contributed by atoms with Gasteiger partial charge in [-0.2, -0.15) is 5.26 Å². The molecule has 0 bridgehead atoms. The van der Waals surface area contributed by atoms with Crippen molar-refractivity contribution in [1.29, 1.82) is 5.26 Å². The number of piperidine rings is 1. The molecule has 2 aliphatic rings. The molecule has 1 aromatic heterocycles. The Morgan fingerprint density at radius 1 is 1.47 bits per heavy atom. The number of anilines is 1. The summed E-state index contributed by atoms with van der Waals surface area (Å²) in [6.07, 6.45) is 1.65. The zero-order valence-electron chi connectivity index (χ0n) is 8.27. The van der Waals surface area contributed by atoms with Gasteiger partial charge in [0.05, 0.1) is 5.69 Å². The molecular weight excluding hydrogens is 188 g/mol. The smallest absolute Gasteiger partial charge is 0.163 e. The van der Waals surface area contributed by atoms with E-state index in [2.05, 4.69) is 21.7 Å².